The largest absolute Gasteiger partial charge is 0.423 e. The molecule has 4 nitrogen and oxygen atoms in total. The molecule has 0 aliphatic rings. The highest BCUT2D eigenvalue weighted by atomic mass is 16.5. The molecule has 0 fully saturated rings. The lowest BCUT2D eigenvalue weighted by atomic mass is 10.0. The first kappa shape index (κ1) is 18.6. The van der Waals surface area contributed by atoms with Crippen LogP contribution in [0.1, 0.15) is 34.1 Å². The summed E-state index contributed by atoms with van der Waals surface area (Å²) in [5.41, 5.74) is 3.41. The summed E-state index contributed by atoms with van der Waals surface area (Å²) in [7, 11) is 0. The van der Waals surface area contributed by atoms with Crippen molar-refractivity contribution in [1.82, 2.24) is 4.98 Å². The maximum Gasteiger partial charge on any atom is 0.344 e. The molecule has 0 unspecified atom stereocenters. The summed E-state index contributed by atoms with van der Waals surface area (Å²) in [4.78, 5) is 29.4. The van der Waals surface area contributed by atoms with Gasteiger partial charge in [0.15, 0.2) is 5.78 Å². The maximum atomic E-state index is 13.0. The van der Waals surface area contributed by atoms with Crippen LogP contribution >= 0.6 is 0 Å². The molecule has 0 aliphatic heterocycles. The van der Waals surface area contributed by atoms with Gasteiger partial charge in [-0.15, -0.1) is 0 Å². The Balaban J connectivity index is 1.70. The van der Waals surface area contributed by atoms with Crippen LogP contribution in [0.5, 0.6) is 5.75 Å². The number of carbonyl (C=O) groups is 2. The Labute approximate surface area is 168 Å². The molecule has 4 rings (SSSR count). The molecule has 1 aromatic heterocycles. The smallest absolute Gasteiger partial charge is 0.344 e. The van der Waals surface area contributed by atoms with Gasteiger partial charge in [-0.3, -0.25) is 4.79 Å². The number of Topliss-reactive ketones (excluding diaryl/α,β-unsaturated/α-hetero) is 1. The van der Waals surface area contributed by atoms with E-state index in [1.165, 1.54) is 0 Å². The molecule has 3 aromatic carbocycles. The molecule has 0 atom stereocenters. The zero-order valence-corrected chi connectivity index (χ0v) is 16.0. The SMILES string of the molecule is CCC(=O)c1ccc(OC(=O)c2cc(-c3ccccc3)nc3ccccc23)cc1. The van der Waals surface area contributed by atoms with Gasteiger partial charge in [0.1, 0.15) is 5.75 Å². The lowest BCUT2D eigenvalue weighted by Gasteiger charge is -2.10. The lowest BCUT2D eigenvalue weighted by Crippen LogP contribution is -2.10. The van der Waals surface area contributed by atoms with E-state index in [2.05, 4.69) is 0 Å². The summed E-state index contributed by atoms with van der Waals surface area (Å²) in [6, 6.07) is 25.6. The third-order valence-corrected chi connectivity index (χ3v) is 4.71. The van der Waals surface area contributed by atoms with E-state index in [1.807, 2.05) is 61.5 Å². The minimum absolute atomic E-state index is 0.0514. The highest BCUT2D eigenvalue weighted by Gasteiger charge is 2.16. The van der Waals surface area contributed by atoms with Gasteiger partial charge in [0.2, 0.25) is 0 Å². The van der Waals surface area contributed by atoms with E-state index in [1.54, 1.807) is 30.3 Å². The van der Waals surface area contributed by atoms with E-state index >= 15 is 0 Å². The highest BCUT2D eigenvalue weighted by Crippen LogP contribution is 2.26. The monoisotopic (exact) mass is 381 g/mol. The fourth-order valence-electron chi connectivity index (χ4n) is 3.18. The Hall–Kier alpha value is -3.79. The van der Waals surface area contributed by atoms with Crippen LogP contribution in [0.2, 0.25) is 0 Å². The average Bonchev–Trinajstić information content (AvgIpc) is 2.78. The van der Waals surface area contributed by atoms with E-state index < -0.39 is 5.97 Å². The Kier molecular flexibility index (Phi) is 5.16. The van der Waals surface area contributed by atoms with Gasteiger partial charge in [-0.25, -0.2) is 9.78 Å². The molecule has 0 radical (unpaired) electrons. The molecule has 0 aliphatic carbocycles. The zero-order valence-electron chi connectivity index (χ0n) is 16.0. The summed E-state index contributed by atoms with van der Waals surface area (Å²) in [5, 5.41) is 0.731. The number of rotatable bonds is 5. The number of hydrogen-bond acceptors (Lipinski definition) is 4. The molecule has 0 saturated carbocycles. The van der Waals surface area contributed by atoms with Crippen LogP contribution in [0.25, 0.3) is 22.2 Å². The van der Waals surface area contributed by atoms with Crippen molar-refractivity contribution in [1.29, 1.82) is 0 Å². The normalized spacial score (nSPS) is 10.7. The number of ketones is 1. The van der Waals surface area contributed by atoms with Crippen molar-refractivity contribution in [3.8, 4) is 17.0 Å². The van der Waals surface area contributed by atoms with Crippen molar-refractivity contribution >= 4 is 22.7 Å². The van der Waals surface area contributed by atoms with Crippen molar-refractivity contribution < 1.29 is 14.3 Å². The molecule has 0 N–H and O–H groups in total. The zero-order chi connectivity index (χ0) is 20.2. The Bertz CT molecular complexity index is 1180. The van der Waals surface area contributed by atoms with Crippen LogP contribution in [0, 0.1) is 0 Å². The number of hydrogen-bond donors (Lipinski definition) is 0. The van der Waals surface area contributed by atoms with Crippen molar-refractivity contribution in [2.75, 3.05) is 0 Å². The number of para-hydroxylation sites is 1. The molecular weight excluding hydrogens is 362 g/mol. The number of esters is 1. The minimum atomic E-state index is -0.463. The average molecular weight is 381 g/mol. The van der Waals surface area contributed by atoms with E-state index in [9.17, 15) is 9.59 Å². The first-order chi connectivity index (χ1) is 14.2. The van der Waals surface area contributed by atoms with Gasteiger partial charge in [0, 0.05) is 22.9 Å². The Morgan fingerprint density at radius 2 is 1.55 bits per heavy atom. The maximum absolute atomic E-state index is 13.0. The second-order valence-electron chi connectivity index (χ2n) is 6.63. The quantitative estimate of drug-likeness (QED) is 0.252. The Morgan fingerprint density at radius 3 is 2.28 bits per heavy atom. The predicted octanol–water partition coefficient (Wildman–Crippen LogP) is 5.71. The number of nitrogens with zero attached hydrogens (tertiary/aromatic N) is 1. The van der Waals surface area contributed by atoms with Gasteiger partial charge in [-0.05, 0) is 36.4 Å². The molecule has 0 bridgehead atoms. The Morgan fingerprint density at radius 1 is 0.862 bits per heavy atom. The predicted molar refractivity (Wildman–Crippen MR) is 113 cm³/mol. The van der Waals surface area contributed by atoms with Crippen LogP contribution in [0.15, 0.2) is 84.9 Å². The van der Waals surface area contributed by atoms with Crippen molar-refractivity contribution in [2.45, 2.75) is 13.3 Å². The molecule has 1 heterocycles. The first-order valence-electron chi connectivity index (χ1n) is 9.46. The van der Waals surface area contributed by atoms with E-state index in [-0.39, 0.29) is 5.78 Å². The summed E-state index contributed by atoms with van der Waals surface area (Å²) >= 11 is 0. The third kappa shape index (κ3) is 3.92. The molecule has 4 heteroatoms. The lowest BCUT2D eigenvalue weighted by molar-refractivity contribution is 0.0736. The molecule has 4 aromatic rings. The number of aromatic nitrogens is 1. The molecule has 29 heavy (non-hydrogen) atoms. The van der Waals surface area contributed by atoms with Crippen molar-refractivity contribution in [3.05, 3.63) is 96.1 Å². The van der Waals surface area contributed by atoms with E-state index in [0.29, 0.717) is 29.0 Å². The summed E-state index contributed by atoms with van der Waals surface area (Å²) in [6.45, 7) is 1.81. The summed E-state index contributed by atoms with van der Waals surface area (Å²) in [5.74, 6) is -0.0179. The second kappa shape index (κ2) is 8.07. The van der Waals surface area contributed by atoms with Crippen molar-refractivity contribution in [3.63, 3.8) is 0 Å². The number of benzene rings is 3. The number of fused-ring (bicyclic) bond motifs is 1. The van der Waals surface area contributed by atoms with E-state index in [4.69, 9.17) is 9.72 Å². The fourth-order valence-corrected chi connectivity index (χ4v) is 3.18. The fraction of sp³-hybridized carbons (Fsp3) is 0.0800. The molecular formula is C25H19NO3. The topological polar surface area (TPSA) is 56.3 Å². The van der Waals surface area contributed by atoms with Gasteiger partial charge in [0.05, 0.1) is 16.8 Å². The minimum Gasteiger partial charge on any atom is -0.423 e. The summed E-state index contributed by atoms with van der Waals surface area (Å²) in [6.07, 6.45) is 0.435. The number of pyridine rings is 1. The van der Waals surface area contributed by atoms with Crippen molar-refractivity contribution in [2.24, 2.45) is 0 Å². The van der Waals surface area contributed by atoms with Gasteiger partial charge in [-0.2, -0.15) is 0 Å². The van der Waals surface area contributed by atoms with Crippen LogP contribution < -0.4 is 4.74 Å². The molecule has 0 saturated heterocycles. The van der Waals surface area contributed by atoms with Crippen LogP contribution in [0.3, 0.4) is 0 Å². The van der Waals surface area contributed by atoms with E-state index in [0.717, 1.165) is 16.5 Å². The van der Waals surface area contributed by atoms with Gasteiger partial charge in [-0.1, -0.05) is 55.5 Å². The van der Waals surface area contributed by atoms with Gasteiger partial charge < -0.3 is 4.74 Å². The molecule has 0 amide bonds. The van der Waals surface area contributed by atoms with Crippen LogP contribution in [0.4, 0.5) is 0 Å². The van der Waals surface area contributed by atoms with Gasteiger partial charge >= 0.3 is 5.97 Å². The molecule has 142 valence electrons. The first-order valence-corrected chi connectivity index (χ1v) is 9.46. The highest BCUT2D eigenvalue weighted by molar-refractivity contribution is 6.05. The van der Waals surface area contributed by atoms with Crippen LogP contribution in [-0.4, -0.2) is 16.7 Å². The summed E-state index contributed by atoms with van der Waals surface area (Å²) < 4.78 is 5.59. The van der Waals surface area contributed by atoms with Gasteiger partial charge in [0.25, 0.3) is 0 Å². The number of ether oxygens (including phenoxy) is 1. The number of carbonyl (C=O) groups excluding carboxylic acids is 2. The second-order valence-corrected chi connectivity index (χ2v) is 6.63. The van der Waals surface area contributed by atoms with Crippen LogP contribution in [-0.2, 0) is 0 Å². The molecule has 0 spiro atoms. The third-order valence-electron chi connectivity index (χ3n) is 4.71. The standard InChI is InChI=1S/C25H19NO3/c1-2-24(27)18-12-14-19(15-13-18)29-25(28)21-16-23(17-8-4-3-5-9-17)26-22-11-7-6-10-20(21)22/h3-16H,2H2,1H3.